The Morgan fingerprint density at radius 3 is 1.87 bits per heavy atom. The van der Waals surface area contributed by atoms with Gasteiger partial charge in [0.2, 0.25) is 41.4 Å². The first-order chi connectivity index (χ1) is 32.0. The van der Waals surface area contributed by atoms with Crippen molar-refractivity contribution in [1.29, 1.82) is 5.41 Å². The third-order valence-corrected chi connectivity index (χ3v) is 10.5. The van der Waals surface area contributed by atoms with Crippen molar-refractivity contribution in [2.45, 2.75) is 134 Å². The monoisotopic (exact) mass is 940 g/mol. The minimum atomic E-state index is -1.36. The Morgan fingerprint density at radius 1 is 0.716 bits per heavy atom. The maximum absolute atomic E-state index is 14.3. The van der Waals surface area contributed by atoms with Gasteiger partial charge in [0.1, 0.15) is 36.5 Å². The molecule has 2 aromatic rings. The van der Waals surface area contributed by atoms with Gasteiger partial charge in [-0.05, 0) is 58.1 Å². The summed E-state index contributed by atoms with van der Waals surface area (Å²) >= 11 is 0. The van der Waals surface area contributed by atoms with E-state index in [0.717, 1.165) is 0 Å². The van der Waals surface area contributed by atoms with Gasteiger partial charge in [0.15, 0.2) is 5.96 Å². The first-order valence-corrected chi connectivity index (χ1v) is 22.4. The fourth-order valence-corrected chi connectivity index (χ4v) is 6.55. The molecule has 67 heavy (non-hydrogen) atoms. The summed E-state index contributed by atoms with van der Waals surface area (Å²) in [6.07, 6.45) is 5.20. The van der Waals surface area contributed by atoms with Crippen molar-refractivity contribution in [3.05, 3.63) is 54.1 Å². The molecule has 13 N–H and O–H groups in total. The van der Waals surface area contributed by atoms with E-state index < -0.39 is 89.6 Å². The smallest absolute Gasteiger partial charge is 0.326 e. The second-order valence-corrected chi connectivity index (χ2v) is 15.9. The lowest BCUT2D eigenvalue weighted by molar-refractivity contribution is -0.142. The van der Waals surface area contributed by atoms with E-state index in [1.807, 2.05) is 6.92 Å². The van der Waals surface area contributed by atoms with Gasteiger partial charge in [0, 0.05) is 52.5 Å². The second kappa shape index (κ2) is 31.1. The molecular weight excluding hydrogens is 871 g/mol. The fraction of sp³-hybridized carbons (Fsp3) is 0.568. The number of imidazole rings is 1. The van der Waals surface area contributed by atoms with Crippen molar-refractivity contribution < 1.29 is 48.3 Å². The molecule has 0 fully saturated rings. The minimum Gasteiger partial charge on any atom is -0.480 e. The summed E-state index contributed by atoms with van der Waals surface area (Å²) in [5.74, 6) is -5.65. The van der Waals surface area contributed by atoms with Crippen LogP contribution in [-0.4, -0.2) is 144 Å². The second-order valence-electron chi connectivity index (χ2n) is 15.9. The number of carbonyl (C=O) groups is 9. The lowest BCUT2D eigenvalue weighted by Crippen LogP contribution is -2.59. The van der Waals surface area contributed by atoms with Crippen LogP contribution >= 0.6 is 0 Å². The molecule has 23 nitrogen and oxygen atoms in total. The summed E-state index contributed by atoms with van der Waals surface area (Å²) in [7, 11) is 3.13. The highest BCUT2D eigenvalue weighted by atomic mass is 16.4. The maximum atomic E-state index is 14.3. The van der Waals surface area contributed by atoms with Gasteiger partial charge >= 0.3 is 5.97 Å². The maximum Gasteiger partial charge on any atom is 0.326 e. The number of carboxylic acid groups (broad SMARTS) is 1. The van der Waals surface area contributed by atoms with Crippen molar-refractivity contribution in [2.75, 3.05) is 27.2 Å². The van der Waals surface area contributed by atoms with Gasteiger partial charge in [-0.25, -0.2) is 9.78 Å². The molecule has 1 heterocycles. The Hall–Kier alpha value is -6.91. The standard InChI is InChI=1S/C44H69N13O10/c1-6-7-16-32(52-28(3)59)39(62)54-33(17-12-20-49-37(60)19-18-34(43(66)67)55-38(61)27(2)46-4)40(63)57-36(23-31-24-48-26-51-31)42(65)56-35(22-29-13-9-8-10-14-29)41(64)53-30(25-58)15-11-21-50-44(45)47-5/h8-10,13-14,24-27,30,32-36,46H,6-7,11-12,15-23H2,1-5H3,(H,48,51)(H,49,60)(H,52,59)(H,53,64)(H,54,62)(H,55,61)(H,56,65)(H,57,63)(H,66,67)(H3,45,47,50)/t27-,30-,32-,33?,34?,35?,36-/m0/s1. The summed E-state index contributed by atoms with van der Waals surface area (Å²) < 4.78 is 0. The first kappa shape index (κ1) is 56.2. The molecule has 0 saturated carbocycles. The Bertz CT molecular complexity index is 1920. The average molecular weight is 940 g/mol. The van der Waals surface area contributed by atoms with Crippen molar-refractivity contribution >= 4 is 59.6 Å². The molecular formula is C44H69N13O10. The Morgan fingerprint density at radius 2 is 1.28 bits per heavy atom. The molecule has 7 amide bonds. The van der Waals surface area contributed by atoms with E-state index in [-0.39, 0.29) is 63.9 Å². The number of H-pyrrole nitrogens is 1. The number of nitrogens with zero attached hydrogens (tertiary/aromatic N) is 1. The van der Waals surface area contributed by atoms with Gasteiger partial charge in [-0.3, -0.25) is 39.0 Å². The van der Waals surface area contributed by atoms with Crippen LogP contribution in [0.1, 0.15) is 89.8 Å². The highest BCUT2D eigenvalue weighted by molar-refractivity contribution is 5.96. The Labute approximate surface area is 390 Å². The highest BCUT2D eigenvalue weighted by Gasteiger charge is 2.32. The highest BCUT2D eigenvalue weighted by Crippen LogP contribution is 2.10. The number of carboxylic acids is 1. The summed E-state index contributed by atoms with van der Waals surface area (Å²) in [5.41, 5.74) is 1.06. The average Bonchev–Trinajstić information content (AvgIpc) is 3.83. The lowest BCUT2D eigenvalue weighted by atomic mass is 10.0. The third kappa shape index (κ3) is 22.2. The lowest BCUT2D eigenvalue weighted by Gasteiger charge is -2.27. The number of hydrogen-bond acceptors (Lipinski definition) is 12. The van der Waals surface area contributed by atoms with Crippen LogP contribution in [0, 0.1) is 5.41 Å². The third-order valence-electron chi connectivity index (χ3n) is 10.5. The van der Waals surface area contributed by atoms with E-state index in [1.165, 1.54) is 19.4 Å². The van der Waals surface area contributed by atoms with Crippen LogP contribution in [0.2, 0.25) is 0 Å². The number of amides is 7. The van der Waals surface area contributed by atoms with Crippen molar-refractivity contribution in [2.24, 2.45) is 0 Å². The quantitative estimate of drug-likeness (QED) is 0.0170. The van der Waals surface area contributed by atoms with Gasteiger partial charge in [0.05, 0.1) is 24.1 Å². The number of unbranched alkanes of at least 4 members (excludes halogenated alkanes) is 1. The molecule has 1 aromatic heterocycles. The summed E-state index contributed by atoms with van der Waals surface area (Å²) in [5, 5.41) is 43.9. The number of likely N-dealkylation sites (N-methyl/N-ethyl adjacent to an activating group) is 1. The molecule has 0 aliphatic rings. The van der Waals surface area contributed by atoms with Gasteiger partial charge in [0.25, 0.3) is 0 Å². The predicted molar refractivity (Wildman–Crippen MR) is 247 cm³/mol. The summed E-state index contributed by atoms with van der Waals surface area (Å²) in [4.78, 5) is 124. The number of guanidine groups is 1. The van der Waals surface area contributed by atoms with E-state index in [4.69, 9.17) is 5.41 Å². The number of carbonyl (C=O) groups excluding carboxylic acids is 8. The fourth-order valence-electron chi connectivity index (χ4n) is 6.55. The van der Waals surface area contributed by atoms with Crippen LogP contribution < -0.4 is 53.2 Å². The van der Waals surface area contributed by atoms with Crippen LogP contribution in [0.25, 0.3) is 0 Å². The van der Waals surface area contributed by atoms with Gasteiger partial charge in [-0.2, -0.15) is 0 Å². The van der Waals surface area contributed by atoms with Crippen LogP contribution in [0.4, 0.5) is 0 Å². The number of nitrogens with one attached hydrogen (secondary N) is 12. The molecule has 0 aliphatic carbocycles. The van der Waals surface area contributed by atoms with Crippen LogP contribution in [0.5, 0.6) is 0 Å². The zero-order valence-corrected chi connectivity index (χ0v) is 38.9. The first-order valence-electron chi connectivity index (χ1n) is 22.4. The van der Waals surface area contributed by atoms with Crippen LogP contribution in [0.15, 0.2) is 42.9 Å². The summed E-state index contributed by atoms with van der Waals surface area (Å²) in [6, 6.07) is 1.07. The van der Waals surface area contributed by atoms with E-state index in [1.54, 1.807) is 51.4 Å². The molecule has 0 spiro atoms. The Balaban J connectivity index is 2.34. The van der Waals surface area contributed by atoms with E-state index in [2.05, 4.69) is 63.1 Å². The van der Waals surface area contributed by atoms with Gasteiger partial charge in [-0.15, -0.1) is 0 Å². The topological polar surface area (TPSA) is 347 Å². The molecule has 370 valence electrons. The SMILES string of the molecule is CCCC[C@H](NC(C)=O)C(=O)NC(CCCNC(=O)CCC(NC(=O)[C@H](C)NC)C(=O)O)C(=O)N[C@@H](Cc1c[nH]cn1)C(=O)NC(Cc1ccccc1)C(=O)N[C@H](C=O)CCCNC(=N)NC. The molecule has 23 heteroatoms. The number of aldehydes is 1. The minimum absolute atomic E-state index is 0.00422. The largest absolute Gasteiger partial charge is 0.480 e. The molecule has 3 unspecified atom stereocenters. The van der Waals surface area contributed by atoms with Gasteiger partial charge < -0.3 is 68.1 Å². The molecule has 0 radical (unpaired) electrons. The molecule has 1 aromatic carbocycles. The predicted octanol–water partition coefficient (Wildman–Crippen LogP) is -1.59. The number of aromatic amines is 1. The number of rotatable bonds is 32. The zero-order chi connectivity index (χ0) is 49.7. The van der Waals surface area contributed by atoms with Gasteiger partial charge in [-0.1, -0.05) is 50.1 Å². The van der Waals surface area contributed by atoms with Crippen molar-refractivity contribution in [3.63, 3.8) is 0 Å². The van der Waals surface area contributed by atoms with E-state index in [0.29, 0.717) is 43.4 Å². The zero-order valence-electron chi connectivity index (χ0n) is 38.9. The molecule has 0 bridgehead atoms. The number of aromatic nitrogens is 2. The number of benzene rings is 1. The number of hydrogen-bond donors (Lipinski definition) is 13. The molecule has 2 rings (SSSR count). The molecule has 0 aliphatic heterocycles. The van der Waals surface area contributed by atoms with Crippen LogP contribution in [-0.2, 0) is 56.0 Å². The van der Waals surface area contributed by atoms with Crippen molar-refractivity contribution in [3.8, 4) is 0 Å². The number of aliphatic carboxylic acids is 1. The van der Waals surface area contributed by atoms with Crippen molar-refractivity contribution in [1.82, 2.24) is 63.1 Å². The molecule has 7 atom stereocenters. The molecule has 0 saturated heterocycles. The Kier molecular flexibility index (Phi) is 26.1. The van der Waals surface area contributed by atoms with Crippen LogP contribution in [0.3, 0.4) is 0 Å². The normalized spacial score (nSPS) is 13.9. The van der Waals surface area contributed by atoms with E-state index >= 15 is 0 Å². The van der Waals surface area contributed by atoms with E-state index in [9.17, 15) is 48.3 Å². The summed E-state index contributed by atoms with van der Waals surface area (Å²) in [6.45, 7) is 5.07.